The van der Waals surface area contributed by atoms with Gasteiger partial charge in [0.25, 0.3) is 5.56 Å². The summed E-state index contributed by atoms with van der Waals surface area (Å²) in [5.41, 5.74) is 0.329. The van der Waals surface area contributed by atoms with E-state index in [1.165, 1.54) is 10.9 Å². The number of hydrogen-bond donors (Lipinski definition) is 0. The van der Waals surface area contributed by atoms with Gasteiger partial charge in [-0.25, -0.2) is 4.98 Å². The first-order valence-corrected chi connectivity index (χ1v) is 6.22. The Morgan fingerprint density at radius 1 is 1.50 bits per heavy atom. The van der Waals surface area contributed by atoms with Crippen LogP contribution in [0.5, 0.6) is 0 Å². The number of esters is 1. The highest BCUT2D eigenvalue weighted by Gasteiger charge is 2.10. The predicted molar refractivity (Wildman–Crippen MR) is 70.3 cm³/mol. The largest absolute Gasteiger partial charge is 0.465 e. The molecule has 0 N–H and O–H groups in total. The van der Waals surface area contributed by atoms with Gasteiger partial charge in [-0.15, -0.1) is 0 Å². The standard InChI is InChI=1S/C12H11BrN2O3/c1-2-18-10(16)6-15-7-14-9-5-3-4-8(13)11(9)12(15)17/h3-5,7H,2,6H2,1H3. The van der Waals surface area contributed by atoms with Crippen LogP contribution in [0.2, 0.25) is 0 Å². The van der Waals surface area contributed by atoms with Crippen molar-refractivity contribution in [3.8, 4) is 0 Å². The van der Waals surface area contributed by atoms with Gasteiger partial charge >= 0.3 is 5.97 Å². The van der Waals surface area contributed by atoms with Crippen molar-refractivity contribution in [3.63, 3.8) is 0 Å². The van der Waals surface area contributed by atoms with E-state index in [-0.39, 0.29) is 18.7 Å². The van der Waals surface area contributed by atoms with Gasteiger partial charge in [-0.2, -0.15) is 0 Å². The topological polar surface area (TPSA) is 61.2 Å². The van der Waals surface area contributed by atoms with Gasteiger partial charge in [0.05, 0.1) is 23.8 Å². The maximum atomic E-state index is 12.2. The maximum Gasteiger partial charge on any atom is 0.326 e. The Hall–Kier alpha value is -1.69. The second kappa shape index (κ2) is 5.30. The fraction of sp³-hybridized carbons (Fsp3) is 0.250. The van der Waals surface area contributed by atoms with Gasteiger partial charge in [0, 0.05) is 4.47 Å². The third-order valence-corrected chi connectivity index (χ3v) is 3.07. The zero-order chi connectivity index (χ0) is 13.1. The number of carbonyl (C=O) groups is 1. The summed E-state index contributed by atoms with van der Waals surface area (Å²) in [7, 11) is 0. The Bertz CT molecular complexity index is 651. The minimum absolute atomic E-state index is 0.128. The minimum Gasteiger partial charge on any atom is -0.465 e. The van der Waals surface area contributed by atoms with Crippen LogP contribution in [0.3, 0.4) is 0 Å². The molecule has 5 nitrogen and oxygen atoms in total. The van der Waals surface area contributed by atoms with Crippen LogP contribution in [-0.2, 0) is 16.1 Å². The molecule has 0 radical (unpaired) electrons. The van der Waals surface area contributed by atoms with Crippen molar-refractivity contribution in [1.82, 2.24) is 9.55 Å². The number of aromatic nitrogens is 2. The average molecular weight is 311 g/mol. The summed E-state index contributed by atoms with van der Waals surface area (Å²) in [4.78, 5) is 27.7. The molecule has 0 fully saturated rings. The summed E-state index contributed by atoms with van der Waals surface area (Å²) in [6, 6.07) is 5.31. The van der Waals surface area contributed by atoms with Crippen molar-refractivity contribution in [2.45, 2.75) is 13.5 Å². The summed E-state index contributed by atoms with van der Waals surface area (Å²) < 4.78 is 6.71. The molecular weight excluding hydrogens is 300 g/mol. The number of halogens is 1. The molecule has 0 aliphatic heterocycles. The first-order valence-electron chi connectivity index (χ1n) is 5.42. The van der Waals surface area contributed by atoms with E-state index in [1.54, 1.807) is 25.1 Å². The molecular formula is C12H11BrN2O3. The third-order valence-electron chi connectivity index (χ3n) is 2.41. The Balaban J connectivity index is 2.48. The maximum absolute atomic E-state index is 12.2. The fourth-order valence-corrected chi connectivity index (χ4v) is 2.14. The van der Waals surface area contributed by atoms with E-state index in [2.05, 4.69) is 20.9 Å². The lowest BCUT2D eigenvalue weighted by atomic mass is 10.2. The summed E-state index contributed by atoms with van der Waals surface area (Å²) in [5, 5.41) is 0.462. The van der Waals surface area contributed by atoms with Crippen LogP contribution < -0.4 is 5.56 Å². The van der Waals surface area contributed by atoms with E-state index in [0.29, 0.717) is 15.4 Å². The molecule has 2 aromatic rings. The van der Waals surface area contributed by atoms with Gasteiger partial charge < -0.3 is 4.74 Å². The molecule has 1 heterocycles. The number of hydrogen-bond acceptors (Lipinski definition) is 4. The first kappa shape index (κ1) is 12.8. The molecule has 1 aromatic heterocycles. The summed E-state index contributed by atoms with van der Waals surface area (Å²) >= 11 is 3.31. The summed E-state index contributed by atoms with van der Waals surface area (Å²) in [5.74, 6) is -0.451. The molecule has 0 bridgehead atoms. The van der Waals surface area contributed by atoms with Gasteiger partial charge in [-0.05, 0) is 35.0 Å². The highest BCUT2D eigenvalue weighted by atomic mass is 79.9. The third kappa shape index (κ3) is 2.43. The molecule has 0 unspecified atom stereocenters. The quantitative estimate of drug-likeness (QED) is 0.810. The molecule has 2 rings (SSSR count). The number of nitrogens with zero attached hydrogens (tertiary/aromatic N) is 2. The zero-order valence-corrected chi connectivity index (χ0v) is 11.3. The number of fused-ring (bicyclic) bond motifs is 1. The molecule has 0 aliphatic rings. The van der Waals surface area contributed by atoms with Crippen LogP contribution in [0.15, 0.2) is 33.8 Å². The van der Waals surface area contributed by atoms with E-state index in [1.807, 2.05) is 0 Å². The number of carbonyl (C=O) groups excluding carboxylic acids is 1. The second-order valence-corrected chi connectivity index (χ2v) is 4.47. The van der Waals surface area contributed by atoms with Crippen LogP contribution in [0.25, 0.3) is 10.9 Å². The Morgan fingerprint density at radius 2 is 2.28 bits per heavy atom. The van der Waals surface area contributed by atoms with Crippen molar-refractivity contribution in [2.75, 3.05) is 6.61 Å². The van der Waals surface area contributed by atoms with Crippen LogP contribution in [0.1, 0.15) is 6.92 Å². The molecule has 1 aromatic carbocycles. The summed E-state index contributed by atoms with van der Waals surface area (Å²) in [6.45, 7) is 1.88. The van der Waals surface area contributed by atoms with Crippen LogP contribution in [0.4, 0.5) is 0 Å². The molecule has 0 saturated heterocycles. The van der Waals surface area contributed by atoms with E-state index < -0.39 is 5.97 Å². The van der Waals surface area contributed by atoms with Crippen molar-refractivity contribution >= 4 is 32.8 Å². The lowest BCUT2D eigenvalue weighted by Crippen LogP contribution is -2.25. The molecule has 0 amide bonds. The van der Waals surface area contributed by atoms with Gasteiger partial charge in [0.1, 0.15) is 6.54 Å². The van der Waals surface area contributed by atoms with Gasteiger partial charge in [-0.1, -0.05) is 6.07 Å². The lowest BCUT2D eigenvalue weighted by molar-refractivity contribution is -0.143. The van der Waals surface area contributed by atoms with Crippen molar-refractivity contribution in [1.29, 1.82) is 0 Å². The first-order chi connectivity index (χ1) is 8.63. The second-order valence-electron chi connectivity index (χ2n) is 3.62. The Morgan fingerprint density at radius 3 is 3.00 bits per heavy atom. The SMILES string of the molecule is CCOC(=O)Cn1cnc2cccc(Br)c2c1=O. The molecule has 0 atom stereocenters. The number of rotatable bonds is 3. The smallest absolute Gasteiger partial charge is 0.326 e. The van der Waals surface area contributed by atoms with Gasteiger partial charge in [0.15, 0.2) is 0 Å². The minimum atomic E-state index is -0.451. The fourth-order valence-electron chi connectivity index (χ4n) is 1.62. The average Bonchev–Trinajstić information content (AvgIpc) is 2.33. The van der Waals surface area contributed by atoms with Crippen molar-refractivity contribution in [3.05, 3.63) is 39.4 Å². The van der Waals surface area contributed by atoms with Gasteiger partial charge in [0.2, 0.25) is 0 Å². The van der Waals surface area contributed by atoms with Gasteiger partial charge in [-0.3, -0.25) is 14.2 Å². The molecule has 18 heavy (non-hydrogen) atoms. The lowest BCUT2D eigenvalue weighted by Gasteiger charge is -2.06. The number of benzene rings is 1. The Labute approximate surface area is 112 Å². The monoisotopic (exact) mass is 310 g/mol. The van der Waals surface area contributed by atoms with E-state index >= 15 is 0 Å². The zero-order valence-electron chi connectivity index (χ0n) is 9.72. The van der Waals surface area contributed by atoms with Crippen molar-refractivity contribution < 1.29 is 9.53 Å². The van der Waals surface area contributed by atoms with E-state index in [9.17, 15) is 9.59 Å². The Kier molecular flexibility index (Phi) is 3.76. The van der Waals surface area contributed by atoms with E-state index in [0.717, 1.165) is 0 Å². The molecule has 94 valence electrons. The molecule has 0 saturated carbocycles. The van der Waals surface area contributed by atoms with Crippen LogP contribution in [-0.4, -0.2) is 22.1 Å². The van der Waals surface area contributed by atoms with Crippen LogP contribution >= 0.6 is 15.9 Å². The normalized spacial score (nSPS) is 10.6. The van der Waals surface area contributed by atoms with E-state index in [4.69, 9.17) is 4.74 Å². The highest BCUT2D eigenvalue weighted by Crippen LogP contribution is 2.18. The molecule has 6 heteroatoms. The molecule has 0 spiro atoms. The van der Waals surface area contributed by atoms with Crippen molar-refractivity contribution in [2.24, 2.45) is 0 Å². The predicted octanol–water partition coefficient (Wildman–Crippen LogP) is 1.72. The highest BCUT2D eigenvalue weighted by molar-refractivity contribution is 9.10. The number of ether oxygens (including phenoxy) is 1. The summed E-state index contributed by atoms with van der Waals surface area (Å²) in [6.07, 6.45) is 1.36. The van der Waals surface area contributed by atoms with Crippen LogP contribution in [0, 0.1) is 0 Å². The molecule has 0 aliphatic carbocycles.